The number of amides is 2. The topological polar surface area (TPSA) is 135 Å². The van der Waals surface area contributed by atoms with Crippen molar-refractivity contribution in [1.82, 2.24) is 30.2 Å². The van der Waals surface area contributed by atoms with Crippen LogP contribution in [0, 0.1) is 18.6 Å². The Morgan fingerprint density at radius 2 is 1.92 bits per heavy atom. The Labute approximate surface area is 213 Å². The van der Waals surface area contributed by atoms with Gasteiger partial charge in [0.15, 0.2) is 21.5 Å². The number of rotatable bonds is 5. The zero-order valence-corrected chi connectivity index (χ0v) is 20.6. The lowest BCUT2D eigenvalue weighted by Crippen LogP contribution is -2.32. The lowest BCUT2D eigenvalue weighted by molar-refractivity contribution is 0.0933. The second-order valence-electron chi connectivity index (χ2n) is 8.33. The van der Waals surface area contributed by atoms with Gasteiger partial charge in [-0.15, -0.1) is 0 Å². The summed E-state index contributed by atoms with van der Waals surface area (Å²) in [6.07, 6.45) is 1.14. The molecule has 14 heteroatoms. The zero-order chi connectivity index (χ0) is 26.5. The molecule has 2 amide bonds. The summed E-state index contributed by atoms with van der Waals surface area (Å²) in [7, 11) is -3.69. The van der Waals surface area contributed by atoms with Crippen LogP contribution in [-0.4, -0.2) is 45.6 Å². The molecule has 2 N–H and O–H groups in total. The highest BCUT2D eigenvalue weighted by Gasteiger charge is 2.38. The first-order valence-electron chi connectivity index (χ1n) is 10.8. The van der Waals surface area contributed by atoms with E-state index in [1.54, 1.807) is 19.1 Å². The minimum Gasteiger partial charge on any atom is -0.347 e. The standard InChI is InChI=1S/C23H17ClF2N6O4S/c1-11-14(24)4-3-13-18(9-37(35,36)20(11)13)30-22(34)19-7-17(31-23-28-10-29-32(19)23)21(33)27-8-12-2-5-15(25)16(26)6-12/h2-7,10,18H,8-9H2,1H3,(H,27,33)(H,30,34). The van der Waals surface area contributed by atoms with Gasteiger partial charge in [-0.25, -0.2) is 22.2 Å². The maximum atomic E-state index is 13.5. The maximum absolute atomic E-state index is 13.5. The summed E-state index contributed by atoms with van der Waals surface area (Å²) in [6, 6.07) is 6.63. The molecular weight excluding hydrogens is 530 g/mol. The van der Waals surface area contributed by atoms with Crippen molar-refractivity contribution in [3.05, 3.63) is 87.5 Å². The Kier molecular flexibility index (Phi) is 6.12. The summed E-state index contributed by atoms with van der Waals surface area (Å²) in [5.41, 5.74) is 0.819. The number of halogens is 3. The third-order valence-corrected chi connectivity index (χ3v) is 8.25. The molecule has 0 radical (unpaired) electrons. The number of nitrogens with zero attached hydrogens (tertiary/aromatic N) is 4. The van der Waals surface area contributed by atoms with E-state index < -0.39 is 39.3 Å². The van der Waals surface area contributed by atoms with Crippen molar-refractivity contribution in [2.75, 3.05) is 5.75 Å². The second kappa shape index (κ2) is 9.16. The van der Waals surface area contributed by atoms with Crippen LogP contribution < -0.4 is 10.6 Å². The number of benzene rings is 2. The second-order valence-corrected chi connectivity index (χ2v) is 10.7. The molecule has 10 nitrogen and oxygen atoms in total. The highest BCUT2D eigenvalue weighted by molar-refractivity contribution is 7.91. The predicted octanol–water partition coefficient (Wildman–Crippen LogP) is 2.55. The van der Waals surface area contributed by atoms with Gasteiger partial charge < -0.3 is 10.6 Å². The molecule has 0 bridgehead atoms. The minimum absolute atomic E-state index is 0.0484. The van der Waals surface area contributed by atoms with Crippen molar-refractivity contribution in [2.24, 2.45) is 0 Å². The Morgan fingerprint density at radius 3 is 2.68 bits per heavy atom. The van der Waals surface area contributed by atoms with Gasteiger partial charge in [-0.2, -0.15) is 14.6 Å². The third kappa shape index (κ3) is 4.51. The first kappa shape index (κ1) is 24.7. The van der Waals surface area contributed by atoms with Gasteiger partial charge in [-0.3, -0.25) is 9.59 Å². The molecule has 1 aliphatic rings. The van der Waals surface area contributed by atoms with E-state index >= 15 is 0 Å². The molecule has 0 saturated carbocycles. The summed E-state index contributed by atoms with van der Waals surface area (Å²) < 4.78 is 53.2. The first-order valence-corrected chi connectivity index (χ1v) is 12.8. The van der Waals surface area contributed by atoms with Crippen LogP contribution in [0.1, 0.15) is 43.7 Å². The molecule has 3 heterocycles. The van der Waals surface area contributed by atoms with Gasteiger partial charge in [-0.1, -0.05) is 23.7 Å². The van der Waals surface area contributed by atoms with E-state index in [0.29, 0.717) is 21.7 Å². The Morgan fingerprint density at radius 1 is 1.14 bits per heavy atom. The molecule has 4 aromatic rings. The molecule has 2 aromatic carbocycles. The van der Waals surface area contributed by atoms with Crippen LogP contribution in [0.5, 0.6) is 0 Å². The lowest BCUT2D eigenvalue weighted by Gasteiger charge is -2.14. The zero-order valence-electron chi connectivity index (χ0n) is 19.0. The molecule has 2 aromatic heterocycles. The molecule has 190 valence electrons. The average molecular weight is 547 g/mol. The Bertz CT molecular complexity index is 1710. The quantitative estimate of drug-likeness (QED) is 0.393. The van der Waals surface area contributed by atoms with Gasteiger partial charge >= 0.3 is 0 Å². The minimum atomic E-state index is -3.69. The van der Waals surface area contributed by atoms with Crippen LogP contribution in [0.4, 0.5) is 8.78 Å². The molecule has 0 spiro atoms. The van der Waals surface area contributed by atoms with E-state index in [2.05, 4.69) is 25.7 Å². The normalized spacial score (nSPS) is 15.9. The molecule has 5 rings (SSSR count). The van der Waals surface area contributed by atoms with Crippen LogP contribution in [0.25, 0.3) is 5.78 Å². The molecule has 0 saturated heterocycles. The summed E-state index contributed by atoms with van der Waals surface area (Å²) >= 11 is 6.10. The maximum Gasteiger partial charge on any atom is 0.270 e. The summed E-state index contributed by atoms with van der Waals surface area (Å²) in [5, 5.41) is 9.47. The summed E-state index contributed by atoms with van der Waals surface area (Å²) in [4.78, 5) is 34.1. The fourth-order valence-electron chi connectivity index (χ4n) is 4.13. The van der Waals surface area contributed by atoms with Gasteiger partial charge in [0.1, 0.15) is 17.7 Å². The highest BCUT2D eigenvalue weighted by Crippen LogP contribution is 2.38. The third-order valence-electron chi connectivity index (χ3n) is 5.90. The summed E-state index contributed by atoms with van der Waals surface area (Å²) in [5.74, 6) is -3.89. The number of carbonyl (C=O) groups excluding carboxylic acids is 2. The van der Waals surface area contributed by atoms with Gasteiger partial charge in [0.05, 0.1) is 16.7 Å². The van der Waals surface area contributed by atoms with Crippen molar-refractivity contribution in [3.8, 4) is 0 Å². The fraction of sp³-hybridized carbons (Fsp3) is 0.174. The highest BCUT2D eigenvalue weighted by atomic mass is 35.5. The SMILES string of the molecule is Cc1c(Cl)ccc2c1S(=O)(=O)CC2NC(=O)c1cc(C(=O)NCc2ccc(F)c(F)c2)nc2ncnn12. The number of nitrogens with one attached hydrogen (secondary N) is 2. The number of aromatic nitrogens is 4. The largest absolute Gasteiger partial charge is 0.347 e. The van der Waals surface area contributed by atoms with Crippen LogP contribution in [-0.2, 0) is 16.4 Å². The van der Waals surface area contributed by atoms with Gasteiger partial charge in [-0.05, 0) is 41.8 Å². The molecule has 0 fully saturated rings. The van der Waals surface area contributed by atoms with Crippen molar-refractivity contribution in [2.45, 2.75) is 24.4 Å². The van der Waals surface area contributed by atoms with Gasteiger partial charge in [0.25, 0.3) is 17.6 Å². The van der Waals surface area contributed by atoms with Crippen molar-refractivity contribution < 1.29 is 26.8 Å². The number of fused-ring (bicyclic) bond motifs is 2. The van der Waals surface area contributed by atoms with E-state index in [4.69, 9.17) is 11.6 Å². The number of sulfone groups is 1. The number of carbonyl (C=O) groups is 2. The molecule has 37 heavy (non-hydrogen) atoms. The van der Waals surface area contributed by atoms with Crippen LogP contribution >= 0.6 is 11.6 Å². The summed E-state index contributed by atoms with van der Waals surface area (Å²) in [6.45, 7) is 1.46. The van der Waals surface area contributed by atoms with E-state index in [9.17, 15) is 26.8 Å². The average Bonchev–Trinajstić information content (AvgIpc) is 3.43. The molecule has 1 aliphatic heterocycles. The smallest absolute Gasteiger partial charge is 0.270 e. The van der Waals surface area contributed by atoms with E-state index in [1.165, 1.54) is 12.1 Å². The fourth-order valence-corrected chi connectivity index (χ4v) is 6.36. The van der Waals surface area contributed by atoms with E-state index in [1.807, 2.05) is 0 Å². The van der Waals surface area contributed by atoms with Crippen molar-refractivity contribution >= 4 is 39.0 Å². The van der Waals surface area contributed by atoms with Crippen molar-refractivity contribution in [3.63, 3.8) is 0 Å². The van der Waals surface area contributed by atoms with E-state index in [-0.39, 0.29) is 34.4 Å². The van der Waals surface area contributed by atoms with Crippen molar-refractivity contribution in [1.29, 1.82) is 0 Å². The Balaban J connectivity index is 1.41. The first-order chi connectivity index (χ1) is 17.5. The monoisotopic (exact) mass is 546 g/mol. The van der Waals surface area contributed by atoms with Crippen LogP contribution in [0.2, 0.25) is 5.02 Å². The molecule has 1 atom stereocenters. The van der Waals surface area contributed by atoms with E-state index in [0.717, 1.165) is 23.0 Å². The van der Waals surface area contributed by atoms with Crippen LogP contribution in [0.15, 0.2) is 47.6 Å². The number of hydrogen-bond acceptors (Lipinski definition) is 7. The van der Waals surface area contributed by atoms with Gasteiger partial charge in [0.2, 0.25) is 0 Å². The van der Waals surface area contributed by atoms with Gasteiger partial charge in [0, 0.05) is 17.6 Å². The molecular formula is C23H17ClF2N6O4S. The predicted molar refractivity (Wildman–Crippen MR) is 127 cm³/mol. The molecule has 0 aliphatic carbocycles. The lowest BCUT2D eigenvalue weighted by atomic mass is 10.1. The molecule has 1 unspecified atom stereocenters. The number of hydrogen-bond donors (Lipinski definition) is 2. The Hall–Kier alpha value is -3.97. The van der Waals surface area contributed by atoms with Crippen LogP contribution in [0.3, 0.4) is 0 Å².